The van der Waals surface area contributed by atoms with E-state index in [0.29, 0.717) is 13.0 Å². The minimum absolute atomic E-state index is 0.115. The molecule has 1 aliphatic rings. The number of hydrogen-bond donors (Lipinski definition) is 1. The van der Waals surface area contributed by atoms with Gasteiger partial charge in [-0.1, -0.05) is 0 Å². The monoisotopic (exact) mass is 346 g/mol. The highest BCUT2D eigenvalue weighted by Gasteiger charge is 2.38. The van der Waals surface area contributed by atoms with Crippen molar-refractivity contribution in [2.24, 2.45) is 5.92 Å². The number of nitrogens with zero attached hydrogens (tertiary/aromatic N) is 2. The van der Waals surface area contributed by atoms with Crippen molar-refractivity contribution in [1.29, 1.82) is 0 Å². The molecule has 1 fully saturated rings. The first kappa shape index (κ1) is 14.7. The summed E-state index contributed by atoms with van der Waals surface area (Å²) < 4.78 is 13.6. The molecule has 0 aliphatic carbocycles. The summed E-state index contributed by atoms with van der Waals surface area (Å²) in [6.45, 7) is 2.09. The van der Waals surface area contributed by atoms with Crippen LogP contribution in [0, 0.1) is 21.8 Å². The Morgan fingerprint density at radius 3 is 2.75 bits per heavy atom. The summed E-state index contributed by atoms with van der Waals surface area (Å²) in [7, 11) is 0. The second kappa shape index (κ2) is 5.35. The average Bonchev–Trinajstić information content (AvgIpc) is 2.73. The first-order chi connectivity index (χ1) is 9.32. The third-order valence-corrected chi connectivity index (χ3v) is 4.20. The van der Waals surface area contributed by atoms with Crippen LogP contribution in [0.15, 0.2) is 16.6 Å². The molecule has 2 atom stereocenters. The highest BCUT2D eigenvalue weighted by molar-refractivity contribution is 9.10. The van der Waals surface area contributed by atoms with Gasteiger partial charge in [0.05, 0.1) is 21.4 Å². The lowest BCUT2D eigenvalue weighted by Crippen LogP contribution is -2.33. The smallest absolute Gasteiger partial charge is 0.308 e. The number of nitro benzene ring substituents is 1. The van der Waals surface area contributed by atoms with Crippen molar-refractivity contribution in [2.75, 3.05) is 11.4 Å². The number of halogens is 2. The Labute approximate surface area is 122 Å². The van der Waals surface area contributed by atoms with Gasteiger partial charge in [0.15, 0.2) is 0 Å². The van der Waals surface area contributed by atoms with Crippen LogP contribution in [-0.2, 0) is 4.79 Å². The van der Waals surface area contributed by atoms with Crippen molar-refractivity contribution in [2.45, 2.75) is 19.4 Å². The molecule has 1 aromatic rings. The number of carboxylic acids is 1. The van der Waals surface area contributed by atoms with Crippen molar-refractivity contribution < 1.29 is 19.2 Å². The Morgan fingerprint density at radius 1 is 1.60 bits per heavy atom. The maximum Gasteiger partial charge on any atom is 0.308 e. The van der Waals surface area contributed by atoms with Gasteiger partial charge < -0.3 is 10.0 Å². The van der Waals surface area contributed by atoms with Crippen LogP contribution in [0.4, 0.5) is 15.8 Å². The summed E-state index contributed by atoms with van der Waals surface area (Å²) in [5.41, 5.74) is -0.122. The van der Waals surface area contributed by atoms with E-state index < -0.39 is 22.6 Å². The van der Waals surface area contributed by atoms with Crippen LogP contribution in [0.3, 0.4) is 0 Å². The van der Waals surface area contributed by atoms with Gasteiger partial charge in [0, 0.05) is 12.6 Å². The third kappa shape index (κ3) is 2.47. The molecule has 2 rings (SSSR count). The SMILES string of the molecule is CC1C(C(=O)O)CCN1c1cc(Br)c(F)cc1[N+](=O)[O-]. The van der Waals surface area contributed by atoms with Crippen LogP contribution >= 0.6 is 15.9 Å². The predicted molar refractivity (Wildman–Crippen MR) is 73.3 cm³/mol. The topological polar surface area (TPSA) is 83.7 Å². The van der Waals surface area contributed by atoms with E-state index in [1.807, 2.05) is 0 Å². The van der Waals surface area contributed by atoms with Gasteiger partial charge in [-0.15, -0.1) is 0 Å². The van der Waals surface area contributed by atoms with Gasteiger partial charge in [-0.05, 0) is 35.3 Å². The van der Waals surface area contributed by atoms with E-state index in [0.717, 1.165) is 6.07 Å². The van der Waals surface area contributed by atoms with E-state index in [4.69, 9.17) is 5.11 Å². The molecule has 6 nitrogen and oxygen atoms in total. The van der Waals surface area contributed by atoms with E-state index in [2.05, 4.69) is 15.9 Å². The number of benzene rings is 1. The zero-order valence-corrected chi connectivity index (χ0v) is 12.1. The number of carbonyl (C=O) groups is 1. The fraction of sp³-hybridized carbons (Fsp3) is 0.417. The second-order valence-corrected chi connectivity index (χ2v) is 5.53. The number of rotatable bonds is 3. The number of hydrogen-bond acceptors (Lipinski definition) is 4. The fourth-order valence-corrected chi connectivity index (χ4v) is 2.84. The summed E-state index contributed by atoms with van der Waals surface area (Å²) >= 11 is 3.00. The quantitative estimate of drug-likeness (QED) is 0.671. The Morgan fingerprint density at radius 2 is 2.25 bits per heavy atom. The molecule has 1 heterocycles. The molecule has 108 valence electrons. The summed E-state index contributed by atoms with van der Waals surface area (Å²) in [5, 5.41) is 20.1. The largest absolute Gasteiger partial charge is 0.481 e. The molecule has 0 spiro atoms. The van der Waals surface area contributed by atoms with Gasteiger partial charge in [-0.25, -0.2) is 4.39 Å². The molecule has 8 heteroatoms. The highest BCUT2D eigenvalue weighted by Crippen LogP contribution is 2.38. The van der Waals surface area contributed by atoms with Gasteiger partial charge in [0.2, 0.25) is 0 Å². The van der Waals surface area contributed by atoms with Gasteiger partial charge in [-0.2, -0.15) is 0 Å². The standard InChI is InChI=1S/C12H12BrFN2O4/c1-6-7(12(17)18)2-3-15(6)10-4-8(13)9(14)5-11(10)16(19)20/h4-7H,2-3H2,1H3,(H,17,18). The lowest BCUT2D eigenvalue weighted by Gasteiger charge is -2.25. The molecule has 20 heavy (non-hydrogen) atoms. The maximum atomic E-state index is 13.4. The normalized spacial score (nSPS) is 22.1. The summed E-state index contributed by atoms with van der Waals surface area (Å²) in [6, 6.07) is 1.79. The summed E-state index contributed by atoms with van der Waals surface area (Å²) in [5.74, 6) is -2.23. The van der Waals surface area contributed by atoms with Crippen LogP contribution in [0.1, 0.15) is 13.3 Å². The van der Waals surface area contributed by atoms with Crippen LogP contribution in [0.25, 0.3) is 0 Å². The van der Waals surface area contributed by atoms with Crippen LogP contribution < -0.4 is 4.90 Å². The Balaban J connectivity index is 2.45. The molecule has 0 aromatic heterocycles. The minimum Gasteiger partial charge on any atom is -0.481 e. The lowest BCUT2D eigenvalue weighted by molar-refractivity contribution is -0.384. The van der Waals surface area contributed by atoms with Gasteiger partial charge in [-0.3, -0.25) is 14.9 Å². The number of aliphatic carboxylic acids is 1. The van der Waals surface area contributed by atoms with E-state index >= 15 is 0 Å². The van der Waals surface area contributed by atoms with Crippen LogP contribution in [-0.4, -0.2) is 28.6 Å². The van der Waals surface area contributed by atoms with Crippen molar-refractivity contribution in [1.82, 2.24) is 0 Å². The van der Waals surface area contributed by atoms with E-state index in [1.165, 1.54) is 6.07 Å². The molecule has 1 N–H and O–H groups in total. The number of nitro groups is 1. The van der Waals surface area contributed by atoms with Crippen LogP contribution in [0.5, 0.6) is 0 Å². The first-order valence-electron chi connectivity index (χ1n) is 5.95. The van der Waals surface area contributed by atoms with E-state index in [1.54, 1.807) is 11.8 Å². The molecule has 0 radical (unpaired) electrons. The summed E-state index contributed by atoms with van der Waals surface area (Å²) in [4.78, 5) is 23.1. The van der Waals surface area contributed by atoms with Crippen molar-refractivity contribution in [3.05, 3.63) is 32.5 Å². The van der Waals surface area contributed by atoms with Crippen molar-refractivity contribution in [3.8, 4) is 0 Å². The van der Waals surface area contributed by atoms with E-state index in [9.17, 15) is 19.3 Å². The minimum atomic E-state index is -0.927. The molecule has 1 aliphatic heterocycles. The number of anilines is 1. The van der Waals surface area contributed by atoms with Crippen molar-refractivity contribution >= 4 is 33.3 Å². The molecule has 0 amide bonds. The van der Waals surface area contributed by atoms with E-state index in [-0.39, 0.29) is 21.9 Å². The Kier molecular flexibility index (Phi) is 3.94. The van der Waals surface area contributed by atoms with Gasteiger partial charge in [0.1, 0.15) is 11.5 Å². The predicted octanol–water partition coefficient (Wildman–Crippen LogP) is 2.80. The molecule has 2 unspecified atom stereocenters. The highest BCUT2D eigenvalue weighted by atomic mass is 79.9. The van der Waals surface area contributed by atoms with Crippen molar-refractivity contribution in [3.63, 3.8) is 0 Å². The Hall–Kier alpha value is -1.70. The van der Waals surface area contributed by atoms with Crippen LogP contribution in [0.2, 0.25) is 0 Å². The van der Waals surface area contributed by atoms with Gasteiger partial charge >= 0.3 is 5.97 Å². The maximum absolute atomic E-state index is 13.4. The third-order valence-electron chi connectivity index (χ3n) is 3.60. The van der Waals surface area contributed by atoms with Gasteiger partial charge in [0.25, 0.3) is 5.69 Å². The molecule has 0 bridgehead atoms. The first-order valence-corrected chi connectivity index (χ1v) is 6.75. The number of carboxylic acid groups (broad SMARTS) is 1. The molecular formula is C12H12BrFN2O4. The lowest BCUT2D eigenvalue weighted by atomic mass is 10.0. The Bertz CT molecular complexity index is 581. The molecular weight excluding hydrogens is 335 g/mol. The fourth-order valence-electron chi connectivity index (χ4n) is 2.51. The molecule has 1 saturated heterocycles. The zero-order chi connectivity index (χ0) is 15.0. The molecule has 1 aromatic carbocycles. The summed E-state index contributed by atoms with van der Waals surface area (Å²) in [6.07, 6.45) is 0.405. The molecule has 0 saturated carbocycles. The second-order valence-electron chi connectivity index (χ2n) is 4.68. The average molecular weight is 347 g/mol. The zero-order valence-electron chi connectivity index (χ0n) is 10.5.